The van der Waals surface area contributed by atoms with E-state index in [2.05, 4.69) is 0 Å². The standard InChI is InChI=1S/C21H15ClO4S2/c22-15-6-2-4-8-18(15)28-19-17(24)11-21(26-20(19)25,13-9-10-27-12-13)14-5-1-3-7-16(14)23/h1-10,12,23-24H,11H2. The van der Waals surface area contributed by atoms with Gasteiger partial charge in [0.2, 0.25) is 0 Å². The van der Waals surface area contributed by atoms with Gasteiger partial charge in [-0.25, -0.2) is 4.79 Å². The Hall–Kier alpha value is -2.41. The second-order valence-electron chi connectivity index (χ2n) is 6.23. The summed E-state index contributed by atoms with van der Waals surface area (Å²) in [6.45, 7) is 0. The number of carbonyl (C=O) groups excluding carboxylic acids is 1. The molecule has 4 rings (SSSR count). The van der Waals surface area contributed by atoms with Crippen LogP contribution in [0.15, 0.2) is 80.9 Å². The molecular formula is C21H15ClO4S2. The molecule has 4 nitrogen and oxygen atoms in total. The number of phenolic OH excluding ortho intramolecular Hbond substituents is 1. The van der Waals surface area contributed by atoms with E-state index in [1.54, 1.807) is 42.5 Å². The number of hydrogen-bond acceptors (Lipinski definition) is 6. The lowest BCUT2D eigenvalue weighted by Crippen LogP contribution is -2.38. The van der Waals surface area contributed by atoms with E-state index in [0.29, 0.717) is 21.0 Å². The maximum absolute atomic E-state index is 12.9. The number of halogens is 1. The first-order valence-electron chi connectivity index (χ1n) is 8.40. The molecule has 7 heteroatoms. The Kier molecular flexibility index (Phi) is 5.10. The van der Waals surface area contributed by atoms with Crippen LogP contribution in [0.2, 0.25) is 5.02 Å². The summed E-state index contributed by atoms with van der Waals surface area (Å²) in [5.74, 6) is -0.768. The number of aromatic hydroxyl groups is 1. The summed E-state index contributed by atoms with van der Waals surface area (Å²) in [7, 11) is 0. The van der Waals surface area contributed by atoms with Crippen molar-refractivity contribution in [1.82, 2.24) is 0 Å². The first kappa shape index (κ1) is 18.9. The van der Waals surface area contributed by atoms with Gasteiger partial charge in [-0.2, -0.15) is 11.3 Å². The second kappa shape index (κ2) is 7.54. The van der Waals surface area contributed by atoms with E-state index >= 15 is 0 Å². The van der Waals surface area contributed by atoms with Crippen LogP contribution in [0.3, 0.4) is 0 Å². The predicted molar refractivity (Wildman–Crippen MR) is 111 cm³/mol. The molecule has 2 N–H and O–H groups in total. The van der Waals surface area contributed by atoms with Crippen molar-refractivity contribution in [3.63, 3.8) is 0 Å². The molecule has 0 fully saturated rings. The van der Waals surface area contributed by atoms with E-state index in [1.165, 1.54) is 17.4 Å². The van der Waals surface area contributed by atoms with Gasteiger partial charge in [0, 0.05) is 16.0 Å². The third-order valence-corrected chi connectivity index (χ3v) is 6.81. The Bertz CT molecular complexity index is 1060. The van der Waals surface area contributed by atoms with E-state index in [0.717, 1.165) is 11.8 Å². The molecule has 0 radical (unpaired) electrons. The van der Waals surface area contributed by atoms with Gasteiger partial charge in [-0.05, 0) is 35.0 Å². The number of thioether (sulfide) groups is 1. The highest BCUT2D eigenvalue weighted by Gasteiger charge is 2.47. The Balaban J connectivity index is 1.80. The molecule has 1 aliphatic rings. The number of thiophene rings is 1. The van der Waals surface area contributed by atoms with Gasteiger partial charge >= 0.3 is 5.97 Å². The minimum absolute atomic E-state index is 0.00323. The van der Waals surface area contributed by atoms with E-state index in [9.17, 15) is 15.0 Å². The van der Waals surface area contributed by atoms with Crippen LogP contribution in [-0.4, -0.2) is 16.2 Å². The number of carbonyl (C=O) groups is 1. The quantitative estimate of drug-likeness (QED) is 0.507. The van der Waals surface area contributed by atoms with Gasteiger partial charge < -0.3 is 14.9 Å². The van der Waals surface area contributed by atoms with Crippen molar-refractivity contribution in [2.75, 3.05) is 0 Å². The first-order valence-corrected chi connectivity index (χ1v) is 10.5. The van der Waals surface area contributed by atoms with Crippen LogP contribution in [0.1, 0.15) is 17.5 Å². The maximum Gasteiger partial charge on any atom is 0.349 e. The fourth-order valence-corrected chi connectivity index (χ4v) is 5.01. The lowest BCUT2D eigenvalue weighted by atomic mass is 9.82. The molecule has 28 heavy (non-hydrogen) atoms. The molecule has 142 valence electrons. The van der Waals surface area contributed by atoms with Crippen LogP contribution >= 0.6 is 34.7 Å². The number of esters is 1. The number of cyclic esters (lactones) is 1. The van der Waals surface area contributed by atoms with Crippen LogP contribution in [0.25, 0.3) is 0 Å². The largest absolute Gasteiger partial charge is 0.511 e. The molecule has 1 atom stereocenters. The summed E-state index contributed by atoms with van der Waals surface area (Å²) in [6.07, 6.45) is 0.0137. The summed E-state index contributed by atoms with van der Waals surface area (Å²) >= 11 is 8.70. The summed E-state index contributed by atoms with van der Waals surface area (Å²) < 4.78 is 5.91. The molecule has 1 aromatic heterocycles. The SMILES string of the molecule is O=C1OC(c2ccsc2)(c2ccccc2O)CC(O)=C1Sc1ccccc1Cl. The Labute approximate surface area is 175 Å². The van der Waals surface area contributed by atoms with Crippen molar-refractivity contribution in [1.29, 1.82) is 0 Å². The summed E-state index contributed by atoms with van der Waals surface area (Å²) in [5, 5.41) is 25.4. The highest BCUT2D eigenvalue weighted by molar-refractivity contribution is 8.04. The fourth-order valence-electron chi connectivity index (χ4n) is 3.19. The van der Waals surface area contributed by atoms with E-state index in [-0.39, 0.29) is 22.8 Å². The van der Waals surface area contributed by atoms with Crippen LogP contribution in [-0.2, 0) is 15.1 Å². The average molecular weight is 431 g/mol. The number of aliphatic hydroxyl groups is 1. The van der Waals surface area contributed by atoms with Gasteiger partial charge in [-0.1, -0.05) is 53.7 Å². The number of rotatable bonds is 4. The number of benzene rings is 2. The predicted octanol–water partition coefficient (Wildman–Crippen LogP) is 5.86. The van der Waals surface area contributed by atoms with E-state index in [4.69, 9.17) is 16.3 Å². The average Bonchev–Trinajstić information content (AvgIpc) is 3.21. The van der Waals surface area contributed by atoms with E-state index < -0.39 is 11.6 Å². The minimum Gasteiger partial charge on any atom is -0.511 e. The molecule has 0 saturated carbocycles. The summed E-state index contributed by atoms with van der Waals surface area (Å²) in [4.78, 5) is 13.7. The first-order chi connectivity index (χ1) is 13.5. The van der Waals surface area contributed by atoms with Gasteiger partial charge in [0.05, 0.1) is 11.4 Å². The highest BCUT2D eigenvalue weighted by Crippen LogP contribution is 2.49. The lowest BCUT2D eigenvalue weighted by Gasteiger charge is -2.37. The van der Waals surface area contributed by atoms with Crippen molar-refractivity contribution in [3.05, 3.63) is 92.2 Å². The Morgan fingerprint density at radius 2 is 1.82 bits per heavy atom. The fraction of sp³-hybridized carbons (Fsp3) is 0.0952. The van der Waals surface area contributed by atoms with Gasteiger partial charge in [0.15, 0.2) is 5.60 Å². The van der Waals surface area contributed by atoms with Gasteiger partial charge in [0.25, 0.3) is 0 Å². The molecule has 0 amide bonds. The monoisotopic (exact) mass is 430 g/mol. The molecular weight excluding hydrogens is 416 g/mol. The normalized spacial score (nSPS) is 19.5. The minimum atomic E-state index is -1.29. The highest BCUT2D eigenvalue weighted by atomic mass is 35.5. The van der Waals surface area contributed by atoms with Crippen LogP contribution < -0.4 is 0 Å². The third kappa shape index (κ3) is 3.28. The number of phenols is 1. The van der Waals surface area contributed by atoms with Crippen LogP contribution in [0.4, 0.5) is 0 Å². The molecule has 1 aliphatic heterocycles. The molecule has 3 aromatic rings. The topological polar surface area (TPSA) is 66.8 Å². The van der Waals surface area contributed by atoms with Gasteiger partial charge in [-0.3, -0.25) is 0 Å². The van der Waals surface area contributed by atoms with Crippen molar-refractivity contribution in [2.45, 2.75) is 16.9 Å². The Morgan fingerprint density at radius 3 is 2.50 bits per heavy atom. The second-order valence-corrected chi connectivity index (χ2v) is 8.47. The zero-order valence-corrected chi connectivity index (χ0v) is 16.9. The number of hydrogen-bond donors (Lipinski definition) is 2. The number of aliphatic hydroxyl groups excluding tert-OH is 1. The van der Waals surface area contributed by atoms with Crippen molar-refractivity contribution >= 4 is 40.7 Å². The maximum atomic E-state index is 12.9. The lowest BCUT2D eigenvalue weighted by molar-refractivity contribution is -0.154. The third-order valence-electron chi connectivity index (χ3n) is 4.51. The number of para-hydroxylation sites is 1. The smallest absolute Gasteiger partial charge is 0.349 e. The van der Waals surface area contributed by atoms with Crippen LogP contribution in [0.5, 0.6) is 5.75 Å². The Morgan fingerprint density at radius 1 is 1.07 bits per heavy atom. The molecule has 0 bridgehead atoms. The molecule has 0 aliphatic carbocycles. The molecule has 1 unspecified atom stereocenters. The van der Waals surface area contributed by atoms with Crippen molar-refractivity contribution < 1.29 is 19.7 Å². The molecule has 0 spiro atoms. The number of ether oxygens (including phenoxy) is 1. The van der Waals surface area contributed by atoms with Crippen molar-refractivity contribution in [3.8, 4) is 5.75 Å². The zero-order chi connectivity index (χ0) is 19.7. The summed E-state index contributed by atoms with van der Waals surface area (Å²) in [6, 6.07) is 15.6. The summed E-state index contributed by atoms with van der Waals surface area (Å²) in [5.41, 5.74) is -0.173. The van der Waals surface area contributed by atoms with Gasteiger partial charge in [-0.15, -0.1) is 0 Å². The van der Waals surface area contributed by atoms with Crippen LogP contribution in [0, 0.1) is 0 Å². The molecule has 0 saturated heterocycles. The van der Waals surface area contributed by atoms with E-state index in [1.807, 2.05) is 16.8 Å². The van der Waals surface area contributed by atoms with Gasteiger partial charge in [0.1, 0.15) is 16.4 Å². The molecule has 2 heterocycles. The molecule has 2 aromatic carbocycles. The zero-order valence-electron chi connectivity index (χ0n) is 14.5. The van der Waals surface area contributed by atoms with Crippen molar-refractivity contribution in [2.24, 2.45) is 0 Å².